The van der Waals surface area contributed by atoms with Crippen LogP contribution in [0.25, 0.3) is 0 Å². The van der Waals surface area contributed by atoms with Crippen molar-refractivity contribution in [2.45, 2.75) is 38.3 Å². The van der Waals surface area contributed by atoms with Crippen LogP contribution in [-0.4, -0.2) is 58.0 Å². The molecule has 0 aliphatic heterocycles. The molecule has 0 aliphatic rings. The molecule has 0 saturated heterocycles. The summed E-state index contributed by atoms with van der Waals surface area (Å²) < 4.78 is 39.4. The number of halogens is 1. The van der Waals surface area contributed by atoms with Crippen LogP contribution < -0.4 is 19.1 Å². The van der Waals surface area contributed by atoms with Crippen LogP contribution in [0, 0.1) is 0 Å². The molecule has 0 heterocycles. The van der Waals surface area contributed by atoms with E-state index in [1.54, 1.807) is 69.5 Å². The lowest BCUT2D eigenvalue weighted by molar-refractivity contribution is -0.139. The van der Waals surface area contributed by atoms with Crippen LogP contribution in [0.15, 0.2) is 77.7 Å². The molecule has 0 fully saturated rings. The summed E-state index contributed by atoms with van der Waals surface area (Å²) in [7, 11) is -2.64. The number of nitrogens with zero attached hydrogens (tertiary/aromatic N) is 2. The van der Waals surface area contributed by atoms with E-state index in [0.29, 0.717) is 29.7 Å². The van der Waals surface area contributed by atoms with Gasteiger partial charge in [0.2, 0.25) is 11.8 Å². The summed E-state index contributed by atoms with van der Waals surface area (Å²) >= 11 is 5.99. The van der Waals surface area contributed by atoms with E-state index in [-0.39, 0.29) is 23.0 Å². The van der Waals surface area contributed by atoms with Gasteiger partial charge in [-0.2, -0.15) is 0 Å². The summed E-state index contributed by atoms with van der Waals surface area (Å²) in [6, 6.07) is 18.4. The van der Waals surface area contributed by atoms with Crippen LogP contribution in [0.2, 0.25) is 5.02 Å². The fourth-order valence-corrected chi connectivity index (χ4v) is 5.51. The molecule has 0 bridgehead atoms. The second kappa shape index (κ2) is 14.0. The van der Waals surface area contributed by atoms with Gasteiger partial charge in [0, 0.05) is 18.1 Å². The summed E-state index contributed by atoms with van der Waals surface area (Å²) in [5.74, 6) is 0.306. The van der Waals surface area contributed by atoms with Gasteiger partial charge in [-0.15, -0.1) is 0 Å². The summed E-state index contributed by atoms with van der Waals surface area (Å²) in [5.41, 5.74) is 1.01. The van der Waals surface area contributed by atoms with Crippen LogP contribution in [0.1, 0.15) is 26.3 Å². The Labute approximate surface area is 240 Å². The molecule has 0 aliphatic carbocycles. The van der Waals surface area contributed by atoms with E-state index < -0.39 is 28.5 Å². The van der Waals surface area contributed by atoms with Crippen LogP contribution in [-0.2, 0) is 26.2 Å². The van der Waals surface area contributed by atoms with Crippen molar-refractivity contribution >= 4 is 39.1 Å². The Hall–Kier alpha value is -3.76. The van der Waals surface area contributed by atoms with E-state index in [9.17, 15) is 18.0 Å². The summed E-state index contributed by atoms with van der Waals surface area (Å²) in [6.45, 7) is 5.61. The number of hydrogen-bond donors (Lipinski definition) is 1. The highest BCUT2D eigenvalue weighted by Gasteiger charge is 2.32. The van der Waals surface area contributed by atoms with Gasteiger partial charge in [0.15, 0.2) is 0 Å². The number of anilines is 1. The van der Waals surface area contributed by atoms with Crippen molar-refractivity contribution in [3.8, 4) is 11.5 Å². The topological polar surface area (TPSA) is 105 Å². The molecule has 1 atom stereocenters. The minimum Gasteiger partial charge on any atom is -0.497 e. The van der Waals surface area contributed by atoms with Gasteiger partial charge >= 0.3 is 0 Å². The van der Waals surface area contributed by atoms with E-state index in [4.69, 9.17) is 21.1 Å². The van der Waals surface area contributed by atoms with Crippen LogP contribution in [0.3, 0.4) is 0 Å². The Morgan fingerprint density at radius 2 is 1.52 bits per heavy atom. The van der Waals surface area contributed by atoms with Gasteiger partial charge in [-0.3, -0.25) is 13.9 Å². The first-order chi connectivity index (χ1) is 19.1. The van der Waals surface area contributed by atoms with Crippen molar-refractivity contribution < 1.29 is 27.5 Å². The van der Waals surface area contributed by atoms with Gasteiger partial charge in [-0.05, 0) is 87.0 Å². The fourth-order valence-electron chi connectivity index (χ4n) is 3.97. The molecule has 9 nitrogen and oxygen atoms in total. The van der Waals surface area contributed by atoms with E-state index in [1.165, 1.54) is 29.2 Å². The van der Waals surface area contributed by atoms with Crippen molar-refractivity contribution in [1.82, 2.24) is 10.2 Å². The van der Waals surface area contributed by atoms with Gasteiger partial charge in [-0.25, -0.2) is 8.42 Å². The summed E-state index contributed by atoms with van der Waals surface area (Å²) in [6.07, 6.45) is 0. The third-order valence-corrected chi connectivity index (χ3v) is 8.19. The molecule has 3 rings (SSSR count). The Kier molecular flexibility index (Phi) is 10.8. The Morgan fingerprint density at radius 1 is 0.925 bits per heavy atom. The van der Waals surface area contributed by atoms with Crippen molar-refractivity contribution in [2.24, 2.45) is 0 Å². The summed E-state index contributed by atoms with van der Waals surface area (Å²) in [4.78, 5) is 28.0. The average molecular weight is 588 g/mol. The lowest BCUT2D eigenvalue weighted by atomic mass is 10.1. The first-order valence-corrected chi connectivity index (χ1v) is 14.6. The number of likely N-dealkylation sites (N-methyl/N-ethyl adjacent to an activating group) is 1. The Morgan fingerprint density at radius 3 is 2.08 bits per heavy atom. The minimum absolute atomic E-state index is 0.0305. The number of sulfonamides is 1. The number of rotatable bonds is 13. The molecular weight excluding hydrogens is 554 g/mol. The molecule has 3 aromatic rings. The Bertz CT molecular complexity index is 1380. The van der Waals surface area contributed by atoms with E-state index >= 15 is 0 Å². The molecule has 1 N–H and O–H groups in total. The second-order valence-electron chi connectivity index (χ2n) is 8.83. The number of nitrogens with one attached hydrogen (secondary N) is 1. The maximum absolute atomic E-state index is 13.9. The monoisotopic (exact) mass is 587 g/mol. The number of amides is 2. The second-order valence-corrected chi connectivity index (χ2v) is 11.1. The number of hydrogen-bond acceptors (Lipinski definition) is 6. The van der Waals surface area contributed by atoms with Crippen molar-refractivity contribution in [3.63, 3.8) is 0 Å². The molecule has 0 saturated carbocycles. The summed E-state index contributed by atoms with van der Waals surface area (Å²) in [5, 5.41) is 3.12. The molecule has 1 unspecified atom stereocenters. The molecule has 3 aromatic carbocycles. The van der Waals surface area contributed by atoms with Gasteiger partial charge < -0.3 is 19.7 Å². The maximum atomic E-state index is 13.9. The molecule has 0 aromatic heterocycles. The van der Waals surface area contributed by atoms with E-state index in [2.05, 4.69) is 5.32 Å². The zero-order chi connectivity index (χ0) is 29.3. The number of benzene rings is 3. The van der Waals surface area contributed by atoms with Crippen molar-refractivity contribution in [2.75, 3.05) is 31.1 Å². The minimum atomic E-state index is -4.19. The molecule has 11 heteroatoms. The van der Waals surface area contributed by atoms with E-state index in [1.807, 2.05) is 6.92 Å². The average Bonchev–Trinajstić information content (AvgIpc) is 2.95. The van der Waals surface area contributed by atoms with Crippen molar-refractivity contribution in [1.29, 1.82) is 0 Å². The highest BCUT2D eigenvalue weighted by Crippen LogP contribution is 2.27. The first kappa shape index (κ1) is 30.8. The zero-order valence-electron chi connectivity index (χ0n) is 23.0. The molecule has 0 radical (unpaired) electrons. The smallest absolute Gasteiger partial charge is 0.264 e. The highest BCUT2D eigenvalue weighted by molar-refractivity contribution is 7.92. The van der Waals surface area contributed by atoms with Crippen molar-refractivity contribution in [3.05, 3.63) is 83.4 Å². The molecule has 2 amide bonds. The lowest BCUT2D eigenvalue weighted by Crippen LogP contribution is -2.51. The molecular formula is C29H34ClN3O6S. The third kappa shape index (κ3) is 7.67. The normalized spacial score (nSPS) is 11.8. The largest absolute Gasteiger partial charge is 0.497 e. The van der Waals surface area contributed by atoms with Gasteiger partial charge in [-0.1, -0.05) is 23.7 Å². The van der Waals surface area contributed by atoms with Gasteiger partial charge in [0.25, 0.3) is 10.0 Å². The number of ether oxygens (including phenoxy) is 2. The fraction of sp³-hybridized carbons (Fsp3) is 0.310. The first-order valence-electron chi connectivity index (χ1n) is 12.8. The third-order valence-electron chi connectivity index (χ3n) is 6.15. The van der Waals surface area contributed by atoms with Crippen LogP contribution in [0.4, 0.5) is 5.69 Å². The van der Waals surface area contributed by atoms with Crippen LogP contribution in [0.5, 0.6) is 11.5 Å². The molecule has 0 spiro atoms. The number of methoxy groups -OCH3 is 1. The quantitative estimate of drug-likeness (QED) is 0.316. The Balaban J connectivity index is 2.02. The molecule has 214 valence electrons. The zero-order valence-corrected chi connectivity index (χ0v) is 24.5. The number of carbonyl (C=O) groups is 2. The lowest BCUT2D eigenvalue weighted by Gasteiger charge is -2.32. The number of carbonyl (C=O) groups excluding carboxylic acids is 2. The predicted molar refractivity (Wildman–Crippen MR) is 155 cm³/mol. The van der Waals surface area contributed by atoms with Gasteiger partial charge in [0.1, 0.15) is 24.1 Å². The van der Waals surface area contributed by atoms with Gasteiger partial charge in [0.05, 0.1) is 24.3 Å². The standard InChI is InChI=1S/C29H34ClN3O6S/c1-5-31-29(35)21(3)32(19-22-7-13-25(38-4)14-8-22)28(34)20-33(24-11-15-26(16-12-24)39-6-2)40(36,37)27-17-9-23(30)10-18-27/h7-18,21H,5-6,19-20H2,1-4H3,(H,31,35). The maximum Gasteiger partial charge on any atom is 0.264 e. The predicted octanol–water partition coefficient (Wildman–Crippen LogP) is 4.50. The SMILES string of the molecule is CCNC(=O)C(C)N(Cc1ccc(OC)cc1)C(=O)CN(c1ccc(OCC)cc1)S(=O)(=O)c1ccc(Cl)cc1. The van der Waals surface area contributed by atoms with E-state index in [0.717, 1.165) is 9.87 Å². The molecule has 40 heavy (non-hydrogen) atoms. The van der Waals surface area contributed by atoms with Crippen LogP contribution >= 0.6 is 11.6 Å². The highest BCUT2D eigenvalue weighted by atomic mass is 35.5.